The van der Waals surface area contributed by atoms with E-state index in [1.165, 1.54) is 138 Å². The molecule has 0 bridgehead atoms. The third kappa shape index (κ3) is 3.83. The van der Waals surface area contributed by atoms with Crippen molar-refractivity contribution in [2.24, 2.45) is 0 Å². The molecule has 65 heavy (non-hydrogen) atoms. The van der Waals surface area contributed by atoms with Crippen LogP contribution < -0.4 is 32.8 Å². The molecule has 0 spiro atoms. The molecule has 0 radical (unpaired) electrons. The van der Waals surface area contributed by atoms with E-state index in [9.17, 15) is 0 Å². The first-order valence-electron chi connectivity index (χ1n) is 23.4. The van der Waals surface area contributed by atoms with Crippen molar-refractivity contribution in [3.05, 3.63) is 198 Å². The molecule has 0 aliphatic carbocycles. The quantitative estimate of drug-likeness (QED) is 0.147. The number of aromatic nitrogens is 3. The average Bonchev–Trinajstić information content (AvgIpc) is 3.99. The summed E-state index contributed by atoms with van der Waals surface area (Å²) in [6, 6.07) is 67.6. The van der Waals surface area contributed by atoms with E-state index in [-0.39, 0.29) is 24.3 Å². The highest BCUT2D eigenvalue weighted by Crippen LogP contribution is 2.52. The van der Waals surface area contributed by atoms with Crippen LogP contribution in [0, 0.1) is 0 Å². The Morgan fingerprint density at radius 1 is 0.323 bits per heavy atom. The van der Waals surface area contributed by atoms with Gasteiger partial charge in [0.2, 0.25) is 13.4 Å². The number of fused-ring (bicyclic) bond motifs is 20. The molecule has 0 amide bonds. The Hall–Kier alpha value is -7.49. The zero-order valence-electron chi connectivity index (χ0n) is 36.7. The van der Waals surface area contributed by atoms with Crippen LogP contribution >= 0.6 is 0 Å². The maximum atomic E-state index is 2.73. The van der Waals surface area contributed by atoms with Gasteiger partial charge < -0.3 is 13.7 Å². The van der Waals surface area contributed by atoms with E-state index in [2.05, 4.69) is 217 Å². The number of benzene rings is 9. The van der Waals surface area contributed by atoms with E-state index in [0.717, 1.165) is 0 Å². The van der Waals surface area contributed by atoms with E-state index < -0.39 is 0 Å². The fourth-order valence-corrected chi connectivity index (χ4v) is 14.3. The van der Waals surface area contributed by atoms with Crippen LogP contribution in [-0.4, -0.2) is 27.1 Å². The molecule has 9 aromatic carbocycles. The van der Waals surface area contributed by atoms with Crippen molar-refractivity contribution < 1.29 is 0 Å². The van der Waals surface area contributed by atoms with Crippen molar-refractivity contribution in [3.8, 4) is 17.1 Å². The molecule has 7 heterocycles. The monoisotopic (exact) mass is 825 g/mol. The summed E-state index contributed by atoms with van der Waals surface area (Å²) in [7, 11) is 0. The van der Waals surface area contributed by atoms with Gasteiger partial charge in [-0.05, 0) is 74.4 Å². The Morgan fingerprint density at radius 3 is 1.28 bits per heavy atom. The van der Waals surface area contributed by atoms with Gasteiger partial charge in [-0.15, -0.1) is 0 Å². The minimum Gasteiger partial charge on any atom is -0.309 e. The zero-order valence-corrected chi connectivity index (χ0v) is 36.7. The highest BCUT2D eigenvalue weighted by molar-refractivity contribution is 7.00. The second kappa shape index (κ2) is 11.4. The largest absolute Gasteiger partial charge is 0.309 e. The van der Waals surface area contributed by atoms with Gasteiger partial charge in [-0.1, -0.05) is 184 Å². The lowest BCUT2D eigenvalue weighted by Crippen LogP contribution is -2.63. The summed E-state index contributed by atoms with van der Waals surface area (Å²) >= 11 is 0. The van der Waals surface area contributed by atoms with Crippen molar-refractivity contribution >= 4 is 112 Å². The molecule has 0 saturated carbocycles. The highest BCUT2D eigenvalue weighted by atomic mass is 15.1. The summed E-state index contributed by atoms with van der Waals surface area (Å²) in [5, 5.41) is 7.86. The molecule has 0 N–H and O–H groups in total. The maximum absolute atomic E-state index is 2.73. The van der Waals surface area contributed by atoms with Crippen molar-refractivity contribution in [3.63, 3.8) is 0 Å². The number of hydrogen-bond acceptors (Lipinski definition) is 0. The van der Waals surface area contributed by atoms with Crippen molar-refractivity contribution in [1.29, 1.82) is 0 Å². The van der Waals surface area contributed by atoms with Gasteiger partial charge in [0, 0.05) is 71.2 Å². The second-order valence-corrected chi connectivity index (χ2v) is 20.3. The first-order valence-corrected chi connectivity index (χ1v) is 23.4. The number of rotatable bonds is 1. The molecular formula is C60H41B2N3. The number of hydrogen-bond donors (Lipinski definition) is 0. The topological polar surface area (TPSA) is 14.8 Å². The molecule has 12 aromatic rings. The lowest BCUT2D eigenvalue weighted by molar-refractivity contribution is 0.645. The first-order chi connectivity index (χ1) is 31.9. The van der Waals surface area contributed by atoms with E-state index in [1.54, 1.807) is 0 Å². The van der Waals surface area contributed by atoms with Gasteiger partial charge in [0.15, 0.2) is 0 Å². The zero-order chi connectivity index (χ0) is 42.8. The maximum Gasteiger partial charge on any atom is 0.247 e. The molecule has 3 nitrogen and oxygen atoms in total. The molecule has 16 rings (SSSR count). The lowest BCUT2D eigenvalue weighted by atomic mass is 9.30. The molecule has 0 saturated heterocycles. The lowest BCUT2D eigenvalue weighted by Gasteiger charge is -2.41. The fourth-order valence-electron chi connectivity index (χ4n) is 14.3. The van der Waals surface area contributed by atoms with Gasteiger partial charge in [-0.3, -0.25) is 0 Å². The summed E-state index contributed by atoms with van der Waals surface area (Å²) < 4.78 is 8.04. The summed E-state index contributed by atoms with van der Waals surface area (Å²) in [6.45, 7) is 9.98. The van der Waals surface area contributed by atoms with Gasteiger partial charge in [-0.25, -0.2) is 0 Å². The van der Waals surface area contributed by atoms with Gasteiger partial charge in [-0.2, -0.15) is 0 Å². The predicted molar refractivity (Wildman–Crippen MR) is 276 cm³/mol. The Bertz CT molecular complexity index is 4200. The fraction of sp³-hybridized carbons (Fsp3) is 0.100. The van der Waals surface area contributed by atoms with E-state index in [1.807, 2.05) is 0 Å². The van der Waals surface area contributed by atoms with E-state index in [0.29, 0.717) is 0 Å². The van der Waals surface area contributed by atoms with Crippen LogP contribution in [0.15, 0.2) is 176 Å². The van der Waals surface area contributed by atoms with Crippen LogP contribution in [0.25, 0.3) is 82.5 Å². The normalized spacial score (nSPS) is 15.6. The molecule has 302 valence electrons. The number of nitrogens with zero attached hydrogens (tertiary/aromatic N) is 3. The van der Waals surface area contributed by atoms with Crippen molar-refractivity contribution in [1.82, 2.24) is 13.7 Å². The Morgan fingerprint density at radius 2 is 0.723 bits per heavy atom. The molecule has 0 fully saturated rings. The Balaban J connectivity index is 1.22. The van der Waals surface area contributed by atoms with E-state index >= 15 is 0 Å². The average molecular weight is 826 g/mol. The van der Waals surface area contributed by atoms with Gasteiger partial charge in [0.25, 0.3) is 0 Å². The van der Waals surface area contributed by atoms with Gasteiger partial charge in [0.05, 0.1) is 22.1 Å². The van der Waals surface area contributed by atoms with Crippen LogP contribution in [0.2, 0.25) is 0 Å². The molecule has 4 aliphatic rings. The molecular weight excluding hydrogens is 784 g/mol. The predicted octanol–water partition coefficient (Wildman–Crippen LogP) is 9.92. The van der Waals surface area contributed by atoms with Crippen molar-refractivity contribution in [2.75, 3.05) is 0 Å². The third-order valence-electron chi connectivity index (χ3n) is 16.7. The summed E-state index contributed by atoms with van der Waals surface area (Å²) in [5.41, 5.74) is 25.4. The van der Waals surface area contributed by atoms with Crippen molar-refractivity contribution in [2.45, 2.75) is 38.5 Å². The highest BCUT2D eigenvalue weighted by Gasteiger charge is 2.47. The van der Waals surface area contributed by atoms with Crippen LogP contribution in [0.3, 0.4) is 0 Å². The summed E-state index contributed by atoms with van der Waals surface area (Å²) in [6.07, 6.45) is 0. The minimum absolute atomic E-state index is 0.128. The Labute approximate surface area is 377 Å². The summed E-state index contributed by atoms with van der Waals surface area (Å²) in [5.74, 6) is 0. The Kier molecular flexibility index (Phi) is 6.13. The minimum atomic E-state index is -0.161. The van der Waals surface area contributed by atoms with Crippen LogP contribution in [0.4, 0.5) is 0 Å². The van der Waals surface area contributed by atoms with Crippen LogP contribution in [0.5, 0.6) is 0 Å². The first kappa shape index (κ1) is 34.9. The standard InChI is InChI=1S/C60H41B2N3/c1-59(2)39-24-10-12-28-43(39)62-45-30-15-22-37-51-57(64(55(37)45)47-32-16-25-40(59)52(47)62)49-35-20-8-13-31-46(35)63(34-18-6-5-7-19-34)56(49)50-36-21-14-29-44-54(36)65(58(50)51)48-33-17-26-41-53(48)61(44)42-27-11-9-23-38(42)60(41,3)4/h5-33H,1-4H3. The van der Waals surface area contributed by atoms with E-state index in [4.69, 9.17) is 0 Å². The van der Waals surface area contributed by atoms with Crippen LogP contribution in [0.1, 0.15) is 49.9 Å². The van der Waals surface area contributed by atoms with Gasteiger partial charge in [0.1, 0.15) is 0 Å². The number of para-hydroxylation sites is 4. The third-order valence-corrected chi connectivity index (χ3v) is 16.7. The molecule has 0 atom stereocenters. The van der Waals surface area contributed by atoms with Gasteiger partial charge >= 0.3 is 0 Å². The molecule has 4 aliphatic heterocycles. The van der Waals surface area contributed by atoms with Crippen LogP contribution in [-0.2, 0) is 10.8 Å². The smallest absolute Gasteiger partial charge is 0.247 e. The summed E-state index contributed by atoms with van der Waals surface area (Å²) in [4.78, 5) is 0. The molecule has 3 aromatic heterocycles. The second-order valence-electron chi connectivity index (χ2n) is 20.3. The SMILES string of the molecule is CC1(C)c2ccccc2B2c3c(cccc31)-n1c3c2cccc3c2c3c(c4ccccc4n3-c3ccccc3)c3c(c4cccc5c4n3-c3cccc4c3B5c3ccccc3C4(C)C)c21. The molecule has 0 unspecified atom stereocenters. The molecule has 5 heteroatoms.